The van der Waals surface area contributed by atoms with E-state index in [-0.39, 0.29) is 41.9 Å². The van der Waals surface area contributed by atoms with Crippen molar-refractivity contribution in [2.45, 2.75) is 13.0 Å². The van der Waals surface area contributed by atoms with Crippen molar-refractivity contribution in [3.63, 3.8) is 0 Å². The SMILES string of the molecule is N#CCC(=O)NCc1ccccc1.[NaH]. The maximum absolute atomic E-state index is 10.9. The summed E-state index contributed by atoms with van der Waals surface area (Å²) in [5.74, 6) is -0.230. The number of carbonyl (C=O) groups excluding carboxylic acids is 1. The number of benzene rings is 1. The van der Waals surface area contributed by atoms with Crippen LogP contribution in [0.5, 0.6) is 0 Å². The molecule has 0 aliphatic heterocycles. The Kier molecular flexibility index (Phi) is 7.13. The van der Waals surface area contributed by atoms with Crippen LogP contribution < -0.4 is 5.32 Å². The Morgan fingerprint density at radius 1 is 1.36 bits per heavy atom. The Hall–Kier alpha value is -0.820. The molecule has 0 aliphatic carbocycles. The molecular formula is C10H11N2NaO. The second-order valence-corrected chi connectivity index (χ2v) is 2.60. The molecule has 1 aromatic carbocycles. The fourth-order valence-corrected chi connectivity index (χ4v) is 0.931. The molecule has 0 fully saturated rings. The molecule has 0 unspecified atom stereocenters. The molecule has 3 nitrogen and oxygen atoms in total. The fourth-order valence-electron chi connectivity index (χ4n) is 0.931. The Bertz CT molecular complexity index is 319. The number of hydrogen-bond acceptors (Lipinski definition) is 2. The zero-order valence-corrected chi connectivity index (χ0v) is 7.16. The van der Waals surface area contributed by atoms with E-state index < -0.39 is 0 Å². The van der Waals surface area contributed by atoms with Crippen LogP contribution in [0.25, 0.3) is 0 Å². The van der Waals surface area contributed by atoms with Gasteiger partial charge in [0.25, 0.3) is 0 Å². The van der Waals surface area contributed by atoms with E-state index in [4.69, 9.17) is 5.26 Å². The van der Waals surface area contributed by atoms with Crippen molar-refractivity contribution in [1.82, 2.24) is 5.32 Å². The molecule has 1 amide bonds. The van der Waals surface area contributed by atoms with Gasteiger partial charge < -0.3 is 5.32 Å². The second-order valence-electron chi connectivity index (χ2n) is 2.60. The number of rotatable bonds is 3. The van der Waals surface area contributed by atoms with Crippen LogP contribution in [0.1, 0.15) is 12.0 Å². The van der Waals surface area contributed by atoms with E-state index in [9.17, 15) is 4.79 Å². The number of amides is 1. The monoisotopic (exact) mass is 198 g/mol. The summed E-state index contributed by atoms with van der Waals surface area (Å²) in [5, 5.41) is 10.9. The molecule has 0 aromatic heterocycles. The van der Waals surface area contributed by atoms with E-state index >= 15 is 0 Å². The van der Waals surface area contributed by atoms with Gasteiger partial charge in [-0.05, 0) is 5.56 Å². The molecule has 4 heteroatoms. The van der Waals surface area contributed by atoms with Gasteiger partial charge in [-0.3, -0.25) is 4.79 Å². The summed E-state index contributed by atoms with van der Waals surface area (Å²) in [6.07, 6.45) is -0.0766. The van der Waals surface area contributed by atoms with E-state index in [0.717, 1.165) is 5.56 Å². The van der Waals surface area contributed by atoms with E-state index in [1.165, 1.54) is 0 Å². The number of hydrogen-bond donors (Lipinski definition) is 1. The van der Waals surface area contributed by atoms with E-state index in [1.54, 1.807) is 6.07 Å². The number of nitriles is 1. The molecular weight excluding hydrogens is 187 g/mol. The maximum atomic E-state index is 10.9. The third-order valence-corrected chi connectivity index (χ3v) is 1.57. The predicted octanol–water partition coefficient (Wildman–Crippen LogP) is 0.568. The summed E-state index contributed by atoms with van der Waals surface area (Å²) >= 11 is 0. The standard InChI is InChI=1S/C10H10N2O.Na.H/c11-7-6-10(13)12-8-9-4-2-1-3-5-9;;/h1-5H,6,8H2,(H,12,13);;. The van der Waals surface area contributed by atoms with Crippen molar-refractivity contribution in [2.75, 3.05) is 0 Å². The molecule has 68 valence electrons. The van der Waals surface area contributed by atoms with Crippen LogP contribution >= 0.6 is 0 Å². The summed E-state index contributed by atoms with van der Waals surface area (Å²) in [6, 6.07) is 11.4. The third-order valence-electron chi connectivity index (χ3n) is 1.57. The van der Waals surface area contributed by atoms with Crippen LogP contribution in [0, 0.1) is 11.3 Å². The summed E-state index contributed by atoms with van der Waals surface area (Å²) in [4.78, 5) is 10.9. The first kappa shape index (κ1) is 13.2. The topological polar surface area (TPSA) is 52.9 Å². The van der Waals surface area contributed by atoms with Crippen LogP contribution in [0.15, 0.2) is 30.3 Å². The number of nitrogens with zero attached hydrogens (tertiary/aromatic N) is 1. The predicted molar refractivity (Wildman–Crippen MR) is 55.7 cm³/mol. The minimum absolute atomic E-state index is 0. The van der Waals surface area contributed by atoms with E-state index in [1.807, 2.05) is 30.3 Å². The fraction of sp³-hybridized carbons (Fsp3) is 0.200. The molecule has 0 aliphatic rings. The quantitative estimate of drug-likeness (QED) is 0.722. The van der Waals surface area contributed by atoms with Gasteiger partial charge in [0.2, 0.25) is 5.91 Å². The summed E-state index contributed by atoms with van der Waals surface area (Å²) in [6.45, 7) is 0.487. The van der Waals surface area contributed by atoms with Gasteiger partial charge in [0.05, 0.1) is 6.07 Å². The normalized spacial score (nSPS) is 8.21. The summed E-state index contributed by atoms with van der Waals surface area (Å²) in [7, 11) is 0. The minimum atomic E-state index is -0.230. The third kappa shape index (κ3) is 5.03. The van der Waals surface area contributed by atoms with Crippen LogP contribution in [-0.2, 0) is 11.3 Å². The van der Waals surface area contributed by atoms with Crippen LogP contribution in [-0.4, -0.2) is 35.5 Å². The zero-order valence-electron chi connectivity index (χ0n) is 7.16. The van der Waals surface area contributed by atoms with Gasteiger partial charge >= 0.3 is 29.6 Å². The Labute approximate surface area is 105 Å². The van der Waals surface area contributed by atoms with Gasteiger partial charge in [-0.2, -0.15) is 5.26 Å². The molecule has 0 saturated carbocycles. The van der Waals surface area contributed by atoms with Gasteiger partial charge in [0.15, 0.2) is 0 Å². The van der Waals surface area contributed by atoms with Crippen molar-refractivity contribution in [3.05, 3.63) is 35.9 Å². The molecule has 1 aromatic rings. The van der Waals surface area contributed by atoms with Crippen LogP contribution in [0.4, 0.5) is 0 Å². The summed E-state index contributed by atoms with van der Waals surface area (Å²) < 4.78 is 0. The average Bonchev–Trinajstić information content (AvgIpc) is 2.17. The molecule has 0 bridgehead atoms. The zero-order chi connectivity index (χ0) is 9.52. The van der Waals surface area contributed by atoms with Crippen molar-refractivity contribution in [1.29, 1.82) is 5.26 Å². The van der Waals surface area contributed by atoms with Gasteiger partial charge in [0.1, 0.15) is 6.42 Å². The Morgan fingerprint density at radius 2 is 2.00 bits per heavy atom. The Morgan fingerprint density at radius 3 is 2.57 bits per heavy atom. The van der Waals surface area contributed by atoms with Gasteiger partial charge in [-0.15, -0.1) is 0 Å². The van der Waals surface area contributed by atoms with E-state index in [0.29, 0.717) is 6.54 Å². The van der Waals surface area contributed by atoms with Crippen LogP contribution in [0.2, 0.25) is 0 Å². The van der Waals surface area contributed by atoms with Crippen LogP contribution in [0.3, 0.4) is 0 Å². The van der Waals surface area contributed by atoms with Crippen molar-refractivity contribution < 1.29 is 4.79 Å². The second kappa shape index (κ2) is 7.57. The van der Waals surface area contributed by atoms with Crippen molar-refractivity contribution in [2.24, 2.45) is 0 Å². The Balaban J connectivity index is 0.00000169. The number of carbonyl (C=O) groups is 1. The first-order valence-electron chi connectivity index (χ1n) is 4.00. The van der Waals surface area contributed by atoms with Gasteiger partial charge in [0, 0.05) is 6.54 Å². The molecule has 0 radical (unpaired) electrons. The van der Waals surface area contributed by atoms with Gasteiger partial charge in [-0.25, -0.2) is 0 Å². The number of nitrogens with one attached hydrogen (secondary N) is 1. The molecule has 1 N–H and O–H groups in total. The molecule has 0 atom stereocenters. The van der Waals surface area contributed by atoms with Gasteiger partial charge in [-0.1, -0.05) is 30.3 Å². The first-order chi connectivity index (χ1) is 6.33. The van der Waals surface area contributed by atoms with E-state index in [2.05, 4.69) is 5.32 Å². The molecule has 14 heavy (non-hydrogen) atoms. The molecule has 0 spiro atoms. The first-order valence-corrected chi connectivity index (χ1v) is 4.00. The van der Waals surface area contributed by atoms with Crippen molar-refractivity contribution in [3.8, 4) is 6.07 Å². The molecule has 0 saturated heterocycles. The molecule has 0 heterocycles. The average molecular weight is 198 g/mol. The molecule has 1 rings (SSSR count). The van der Waals surface area contributed by atoms with Crippen molar-refractivity contribution >= 4 is 35.5 Å². The summed E-state index contributed by atoms with van der Waals surface area (Å²) in [5.41, 5.74) is 1.04.